The molecule has 4 nitrogen and oxygen atoms in total. The van der Waals surface area contributed by atoms with Crippen molar-refractivity contribution in [2.75, 3.05) is 13.2 Å². The van der Waals surface area contributed by atoms with Gasteiger partial charge in [-0.05, 0) is 77.6 Å². The lowest BCUT2D eigenvalue weighted by Crippen LogP contribution is -2.26. The summed E-state index contributed by atoms with van der Waals surface area (Å²) in [6, 6.07) is 11.5. The summed E-state index contributed by atoms with van der Waals surface area (Å²) in [5, 5.41) is 9.20. The van der Waals surface area contributed by atoms with Crippen molar-refractivity contribution in [1.82, 2.24) is 0 Å². The fourth-order valence-electron chi connectivity index (χ4n) is 2.42. The van der Waals surface area contributed by atoms with Crippen molar-refractivity contribution in [3.63, 3.8) is 0 Å². The fourth-order valence-corrected chi connectivity index (χ4v) is 4.45. The van der Waals surface area contributed by atoms with Gasteiger partial charge in [0.25, 0.3) is 0 Å². The number of hydrogen-bond acceptors (Lipinski definition) is 3. The second kappa shape index (κ2) is 12.4. The van der Waals surface area contributed by atoms with Crippen LogP contribution in [0, 0.1) is 15.4 Å². The molecule has 1 atom stereocenters. The number of rotatable bonds is 8. The molecule has 2 rings (SSSR count). The average molecular weight is 634 g/mol. The van der Waals surface area contributed by atoms with E-state index >= 15 is 0 Å². The van der Waals surface area contributed by atoms with Crippen LogP contribution < -0.4 is 4.74 Å². The van der Waals surface area contributed by atoms with E-state index in [2.05, 4.69) is 66.3 Å². The zero-order valence-electron chi connectivity index (χ0n) is 15.6. The largest absolute Gasteiger partial charge is 0.488 e. The second-order valence-electron chi connectivity index (χ2n) is 5.89. The van der Waals surface area contributed by atoms with Crippen molar-refractivity contribution in [2.24, 2.45) is 0 Å². The van der Waals surface area contributed by atoms with Crippen molar-refractivity contribution in [1.29, 1.82) is 0 Å². The quantitative estimate of drug-likeness (QED) is 0.294. The van der Waals surface area contributed by atoms with E-state index in [0.717, 1.165) is 29.4 Å². The van der Waals surface area contributed by atoms with Gasteiger partial charge in [0.1, 0.15) is 12.4 Å². The lowest BCUT2D eigenvalue weighted by atomic mass is 10.1. The van der Waals surface area contributed by atoms with Gasteiger partial charge in [-0.2, -0.15) is 0 Å². The van der Waals surface area contributed by atoms with Gasteiger partial charge in [-0.25, -0.2) is 4.79 Å². The molecule has 0 aliphatic carbocycles. The standard InChI is InChI=1S/C22H19Br2IO4/c1-2-28-21(22(26)27)13-16-7-8-20(19(25)12-16)29-9-5-3-4-6-15-10-17(23)14-18(24)11-15/h3,5,7-8,10-12,14,21H,2,9,13H2,1H3,(H,26,27)/b5-3+/t21-/m0/s1. The maximum absolute atomic E-state index is 11.2. The van der Waals surface area contributed by atoms with Crippen molar-refractivity contribution in [3.8, 4) is 17.6 Å². The molecule has 0 saturated heterocycles. The summed E-state index contributed by atoms with van der Waals surface area (Å²) in [7, 11) is 0. The molecule has 0 heterocycles. The van der Waals surface area contributed by atoms with E-state index in [-0.39, 0.29) is 0 Å². The molecule has 29 heavy (non-hydrogen) atoms. The summed E-state index contributed by atoms with van der Waals surface area (Å²) < 4.78 is 13.9. The summed E-state index contributed by atoms with van der Waals surface area (Å²) in [4.78, 5) is 11.2. The number of carboxylic acid groups (broad SMARTS) is 1. The normalized spacial score (nSPS) is 11.7. The monoisotopic (exact) mass is 632 g/mol. The Hall–Kier alpha value is -1.34. The van der Waals surface area contributed by atoms with E-state index in [4.69, 9.17) is 9.47 Å². The highest BCUT2D eigenvalue weighted by Crippen LogP contribution is 2.23. The lowest BCUT2D eigenvalue weighted by molar-refractivity contribution is -0.149. The first kappa shape index (κ1) is 23.9. The number of ether oxygens (including phenoxy) is 2. The minimum Gasteiger partial charge on any atom is -0.488 e. The molecule has 0 aliphatic rings. The highest BCUT2D eigenvalue weighted by atomic mass is 127. The van der Waals surface area contributed by atoms with E-state index in [1.54, 1.807) is 13.0 Å². The molecule has 0 amide bonds. The molecule has 0 aromatic heterocycles. The summed E-state index contributed by atoms with van der Waals surface area (Å²) >= 11 is 9.06. The average Bonchev–Trinajstić information content (AvgIpc) is 2.64. The van der Waals surface area contributed by atoms with Gasteiger partial charge in [-0.1, -0.05) is 49.8 Å². The van der Waals surface area contributed by atoms with Crippen LogP contribution in [0.3, 0.4) is 0 Å². The third-order valence-corrected chi connectivity index (χ3v) is 5.43. The molecule has 7 heteroatoms. The molecule has 0 bridgehead atoms. The van der Waals surface area contributed by atoms with E-state index in [1.165, 1.54) is 0 Å². The van der Waals surface area contributed by atoms with Crippen molar-refractivity contribution in [2.45, 2.75) is 19.4 Å². The van der Waals surface area contributed by atoms with Crippen LogP contribution in [0.4, 0.5) is 0 Å². The Kier molecular flexibility index (Phi) is 10.2. The van der Waals surface area contributed by atoms with Crippen molar-refractivity contribution in [3.05, 3.63) is 72.2 Å². The maximum Gasteiger partial charge on any atom is 0.333 e. The number of hydrogen-bond donors (Lipinski definition) is 1. The van der Waals surface area contributed by atoms with Gasteiger partial charge in [-0.15, -0.1) is 0 Å². The van der Waals surface area contributed by atoms with Crippen LogP contribution in [0.25, 0.3) is 0 Å². The van der Waals surface area contributed by atoms with E-state index in [9.17, 15) is 9.90 Å². The summed E-state index contributed by atoms with van der Waals surface area (Å²) in [6.07, 6.45) is 3.09. The molecule has 152 valence electrons. The van der Waals surface area contributed by atoms with Gasteiger partial charge in [0, 0.05) is 27.5 Å². The molecule has 0 saturated carbocycles. The highest BCUT2D eigenvalue weighted by molar-refractivity contribution is 14.1. The van der Waals surface area contributed by atoms with E-state index < -0.39 is 12.1 Å². The van der Waals surface area contributed by atoms with Crippen LogP contribution in [0.2, 0.25) is 0 Å². The minimum absolute atomic E-state index is 0.320. The Labute approximate surface area is 201 Å². The Morgan fingerprint density at radius 2 is 1.97 bits per heavy atom. The number of aliphatic carboxylic acids is 1. The van der Waals surface area contributed by atoms with Gasteiger partial charge >= 0.3 is 5.97 Å². The molecule has 0 spiro atoms. The van der Waals surface area contributed by atoms with Crippen LogP contribution in [-0.2, 0) is 16.0 Å². The second-order valence-corrected chi connectivity index (χ2v) is 8.89. The third-order valence-electron chi connectivity index (χ3n) is 3.68. The van der Waals surface area contributed by atoms with Gasteiger partial charge in [0.05, 0.1) is 3.57 Å². The van der Waals surface area contributed by atoms with Gasteiger partial charge < -0.3 is 14.6 Å². The molecule has 1 N–H and O–H groups in total. The maximum atomic E-state index is 11.2. The fraction of sp³-hybridized carbons (Fsp3) is 0.227. The number of halogens is 3. The van der Waals surface area contributed by atoms with Crippen LogP contribution in [0.15, 0.2) is 57.5 Å². The molecular weight excluding hydrogens is 615 g/mol. The summed E-state index contributed by atoms with van der Waals surface area (Å²) in [5.74, 6) is 5.84. The lowest BCUT2D eigenvalue weighted by Gasteiger charge is -2.13. The number of benzene rings is 2. The minimum atomic E-state index is -0.955. The third kappa shape index (κ3) is 8.51. The molecule has 0 unspecified atom stereocenters. The summed E-state index contributed by atoms with van der Waals surface area (Å²) in [6.45, 7) is 2.54. The molecule has 2 aromatic rings. The highest BCUT2D eigenvalue weighted by Gasteiger charge is 2.18. The van der Waals surface area contributed by atoms with Crippen LogP contribution in [0.5, 0.6) is 5.75 Å². The van der Waals surface area contributed by atoms with E-state index in [0.29, 0.717) is 19.6 Å². The first-order valence-corrected chi connectivity index (χ1v) is 11.4. The Balaban J connectivity index is 1.90. The zero-order chi connectivity index (χ0) is 21.2. The van der Waals surface area contributed by atoms with Crippen molar-refractivity contribution < 1.29 is 19.4 Å². The number of allylic oxidation sites excluding steroid dienone is 1. The SMILES string of the molecule is CCO[C@@H](Cc1ccc(OC/C=C/C#Cc2cc(Br)cc(Br)c2)c(I)c1)C(=O)O. The predicted molar refractivity (Wildman–Crippen MR) is 129 cm³/mol. The van der Waals surface area contributed by atoms with Crippen LogP contribution in [-0.4, -0.2) is 30.4 Å². The van der Waals surface area contributed by atoms with Crippen molar-refractivity contribution >= 4 is 60.4 Å². The van der Waals surface area contributed by atoms with Crippen LogP contribution in [0.1, 0.15) is 18.1 Å². The Morgan fingerprint density at radius 1 is 1.24 bits per heavy atom. The number of carbonyl (C=O) groups is 1. The topological polar surface area (TPSA) is 55.8 Å². The van der Waals surface area contributed by atoms with E-state index in [1.807, 2.05) is 42.5 Å². The first-order chi connectivity index (χ1) is 13.9. The summed E-state index contributed by atoms with van der Waals surface area (Å²) in [5.41, 5.74) is 1.80. The molecule has 0 aliphatic heterocycles. The van der Waals surface area contributed by atoms with Gasteiger partial charge in [0.15, 0.2) is 6.10 Å². The predicted octanol–water partition coefficient (Wildman–Crippen LogP) is 5.84. The molecule has 0 radical (unpaired) electrons. The van der Waals surface area contributed by atoms with Crippen LogP contribution >= 0.6 is 54.5 Å². The number of carboxylic acids is 1. The molecule has 0 fully saturated rings. The first-order valence-electron chi connectivity index (χ1n) is 8.77. The zero-order valence-corrected chi connectivity index (χ0v) is 21.0. The molecular formula is C22H19Br2IO4. The molecule has 2 aromatic carbocycles. The smallest absolute Gasteiger partial charge is 0.333 e. The Morgan fingerprint density at radius 3 is 2.59 bits per heavy atom. The Bertz CT molecular complexity index is 927. The van der Waals surface area contributed by atoms with Gasteiger partial charge in [0.2, 0.25) is 0 Å². The van der Waals surface area contributed by atoms with Gasteiger partial charge in [-0.3, -0.25) is 0 Å².